The van der Waals surface area contributed by atoms with Gasteiger partial charge in [0.25, 0.3) is 0 Å². The second-order valence-electron chi connectivity index (χ2n) is 3.92. The number of alkyl halides is 3. The molecule has 1 aromatic carbocycles. The summed E-state index contributed by atoms with van der Waals surface area (Å²) in [7, 11) is -3.73. The Labute approximate surface area is 129 Å². The number of nitrogens with one attached hydrogen (secondary N) is 1. The maximum Gasteiger partial charge on any atom is 0.419 e. The monoisotopic (exact) mass is 370 g/mol. The summed E-state index contributed by atoms with van der Waals surface area (Å²) < 4.78 is 76.6. The third-order valence-corrected chi connectivity index (χ3v) is 4.94. The minimum atomic E-state index is -4.94. The average molecular weight is 370 g/mol. The Kier molecular flexibility index (Phi) is 4.85. The van der Waals surface area contributed by atoms with Crippen LogP contribution >= 0.6 is 0 Å². The van der Waals surface area contributed by atoms with Crippen molar-refractivity contribution in [2.75, 3.05) is 0 Å². The van der Waals surface area contributed by atoms with Gasteiger partial charge in [-0.2, -0.15) is 21.6 Å². The van der Waals surface area contributed by atoms with Crippen molar-refractivity contribution in [3.8, 4) is 5.75 Å². The highest BCUT2D eigenvalue weighted by molar-refractivity contribution is 8.42. The van der Waals surface area contributed by atoms with Gasteiger partial charge in [-0.05, 0) is 18.2 Å². The molecule has 2 rings (SSSR count). The van der Waals surface area contributed by atoms with Gasteiger partial charge < -0.3 is 4.74 Å². The predicted octanol–water partition coefficient (Wildman–Crippen LogP) is 2.19. The van der Waals surface area contributed by atoms with E-state index in [4.69, 9.17) is 0 Å². The minimum Gasteiger partial charge on any atom is -0.410 e. The van der Waals surface area contributed by atoms with E-state index in [1.165, 1.54) is 0 Å². The molecule has 0 radical (unpaired) electrons. The van der Waals surface area contributed by atoms with Crippen molar-refractivity contribution in [3.63, 3.8) is 0 Å². The number of rotatable bonds is 2. The van der Waals surface area contributed by atoms with E-state index in [1.54, 1.807) is 0 Å². The molecule has 1 N–H and O–H groups in total. The smallest absolute Gasteiger partial charge is 0.410 e. The van der Waals surface area contributed by atoms with Gasteiger partial charge >= 0.3 is 12.3 Å². The lowest BCUT2D eigenvalue weighted by Gasteiger charge is -2.10. The van der Waals surface area contributed by atoms with Gasteiger partial charge in [0.1, 0.15) is 17.4 Å². The topological polar surface area (TPSA) is 84.8 Å². The van der Waals surface area contributed by atoms with E-state index >= 15 is 0 Å². The van der Waals surface area contributed by atoms with Crippen LogP contribution in [-0.2, 0) is 24.9 Å². The second kappa shape index (κ2) is 6.50. The molecule has 12 heteroatoms. The standard InChI is InChI=1S/C11H6F4N2O4S2/c12-8-2-1-6(3-7(8)11(13,14)15)21-10(18)17-9-4-22(5-16-9)23(19)20/h1-5H,(H,17,18). The SMILES string of the molecule is O=C(NC1=CS(=S(=O)=O)C=N1)Oc1ccc(F)c(C(F)(F)F)c1. The largest absolute Gasteiger partial charge is 0.419 e. The predicted molar refractivity (Wildman–Crippen MR) is 73.4 cm³/mol. The second-order valence-corrected chi connectivity index (χ2v) is 7.41. The number of aliphatic imine (C=N–C) groups is 1. The highest BCUT2D eigenvalue weighted by Gasteiger charge is 2.34. The molecule has 1 aromatic rings. The van der Waals surface area contributed by atoms with E-state index < -0.39 is 48.1 Å². The first-order valence-corrected chi connectivity index (χ1v) is 8.54. The molecule has 6 nitrogen and oxygen atoms in total. The third kappa shape index (κ3) is 4.39. The molecule has 1 atom stereocenters. The highest BCUT2D eigenvalue weighted by atomic mass is 32.9. The molecule has 0 aromatic heterocycles. The summed E-state index contributed by atoms with van der Waals surface area (Å²) in [5, 5.41) is 3.17. The van der Waals surface area contributed by atoms with E-state index in [2.05, 4.69) is 9.73 Å². The number of carbonyl (C=O) groups is 1. The van der Waals surface area contributed by atoms with Crippen LogP contribution in [0.4, 0.5) is 22.4 Å². The molecule has 124 valence electrons. The Morgan fingerprint density at radius 2 is 2.00 bits per heavy atom. The molecule has 0 aliphatic carbocycles. The minimum absolute atomic E-state index is 0.124. The summed E-state index contributed by atoms with van der Waals surface area (Å²) in [6.45, 7) is 0. The van der Waals surface area contributed by atoms with Crippen LogP contribution in [-0.4, -0.2) is 20.1 Å². The Bertz CT molecular complexity index is 851. The molecule has 1 unspecified atom stereocenters. The van der Waals surface area contributed by atoms with Crippen LogP contribution < -0.4 is 10.1 Å². The van der Waals surface area contributed by atoms with Gasteiger partial charge in [-0.1, -0.05) is 0 Å². The molecule has 0 fully saturated rings. The molecular weight excluding hydrogens is 364 g/mol. The van der Waals surface area contributed by atoms with Crippen molar-refractivity contribution in [1.82, 2.24) is 5.32 Å². The Morgan fingerprint density at radius 1 is 1.30 bits per heavy atom. The van der Waals surface area contributed by atoms with Crippen LogP contribution in [0, 0.1) is 5.82 Å². The average Bonchev–Trinajstić information content (AvgIpc) is 2.88. The van der Waals surface area contributed by atoms with Crippen molar-refractivity contribution in [3.05, 3.63) is 40.8 Å². The Morgan fingerprint density at radius 3 is 2.57 bits per heavy atom. The molecule has 1 aliphatic heterocycles. The summed E-state index contributed by atoms with van der Waals surface area (Å²) in [5.41, 5.74) is -0.512. The third-order valence-electron chi connectivity index (χ3n) is 2.36. The summed E-state index contributed by atoms with van der Waals surface area (Å²) in [4.78, 5) is 15.1. The molecule has 23 heavy (non-hydrogen) atoms. The maximum atomic E-state index is 13.1. The molecule has 1 amide bonds. The van der Waals surface area contributed by atoms with Gasteiger partial charge in [0.15, 0.2) is 0 Å². The lowest BCUT2D eigenvalue weighted by Crippen LogP contribution is -2.25. The quantitative estimate of drug-likeness (QED) is 0.809. The fraction of sp³-hybridized carbons (Fsp3) is 0.0909. The van der Waals surface area contributed by atoms with E-state index in [-0.39, 0.29) is 5.82 Å². The molecule has 0 spiro atoms. The number of carbonyl (C=O) groups excluding carboxylic acids is 1. The highest BCUT2D eigenvalue weighted by Crippen LogP contribution is 2.33. The van der Waals surface area contributed by atoms with E-state index in [1.807, 2.05) is 5.32 Å². The summed E-state index contributed by atoms with van der Waals surface area (Å²) in [6.07, 6.45) is -6.14. The van der Waals surface area contributed by atoms with E-state index in [0.717, 1.165) is 17.0 Å². The molecule has 0 saturated carbocycles. The van der Waals surface area contributed by atoms with Crippen molar-refractivity contribution < 1.29 is 35.5 Å². The molecular formula is C11H6F4N2O4S2. The molecule has 0 saturated heterocycles. The van der Waals surface area contributed by atoms with Crippen LogP contribution in [0.3, 0.4) is 0 Å². The van der Waals surface area contributed by atoms with Gasteiger partial charge in [-0.25, -0.2) is 14.2 Å². The van der Waals surface area contributed by atoms with Crippen molar-refractivity contribution in [2.24, 2.45) is 4.99 Å². The first-order chi connectivity index (χ1) is 10.7. The molecule has 1 heterocycles. The maximum absolute atomic E-state index is 13.1. The Hall–Kier alpha value is -2.21. The number of hydrogen-bond donors (Lipinski definition) is 1. The molecule has 0 bridgehead atoms. The van der Waals surface area contributed by atoms with Crippen LogP contribution in [0.15, 0.2) is 34.4 Å². The zero-order chi connectivity index (χ0) is 17.2. The number of amides is 1. The van der Waals surface area contributed by atoms with Crippen molar-refractivity contribution in [1.29, 1.82) is 0 Å². The van der Waals surface area contributed by atoms with E-state index in [0.29, 0.717) is 12.1 Å². The van der Waals surface area contributed by atoms with Crippen LogP contribution in [0.5, 0.6) is 5.75 Å². The van der Waals surface area contributed by atoms with Gasteiger partial charge in [0.05, 0.1) is 11.1 Å². The summed E-state index contributed by atoms with van der Waals surface area (Å²) in [6, 6.07) is 1.68. The number of ether oxygens (including phenoxy) is 1. The fourth-order valence-electron chi connectivity index (χ4n) is 1.44. The van der Waals surface area contributed by atoms with E-state index in [9.17, 15) is 30.8 Å². The fourth-order valence-corrected chi connectivity index (χ4v) is 3.05. The van der Waals surface area contributed by atoms with Gasteiger partial charge in [0, 0.05) is 14.9 Å². The van der Waals surface area contributed by atoms with Crippen LogP contribution in [0.25, 0.3) is 0 Å². The zero-order valence-corrected chi connectivity index (χ0v) is 12.4. The number of benzene rings is 1. The normalized spacial score (nSPS) is 16.9. The van der Waals surface area contributed by atoms with Crippen molar-refractivity contribution in [2.45, 2.75) is 6.18 Å². The van der Waals surface area contributed by atoms with Gasteiger partial charge in [-0.3, -0.25) is 5.32 Å². The zero-order valence-electron chi connectivity index (χ0n) is 10.8. The number of nitrogens with zero attached hydrogens (tertiary/aromatic N) is 1. The van der Waals surface area contributed by atoms with Crippen LogP contribution in [0.2, 0.25) is 0 Å². The number of halogens is 4. The number of hydrogen-bond acceptors (Lipinski definition) is 5. The summed E-state index contributed by atoms with van der Waals surface area (Å²) >= 11 is 0. The lowest BCUT2D eigenvalue weighted by atomic mass is 10.2. The Balaban J connectivity index is 2.12. The van der Waals surface area contributed by atoms with Crippen molar-refractivity contribution >= 4 is 30.4 Å². The van der Waals surface area contributed by atoms with Crippen LogP contribution in [0.1, 0.15) is 5.56 Å². The summed E-state index contributed by atoms with van der Waals surface area (Å²) in [5.74, 6) is -2.17. The van der Waals surface area contributed by atoms with Gasteiger partial charge in [0.2, 0.25) is 9.26 Å². The lowest BCUT2D eigenvalue weighted by molar-refractivity contribution is -0.140. The molecule has 1 aliphatic rings. The van der Waals surface area contributed by atoms with Gasteiger partial charge in [-0.15, -0.1) is 0 Å². The first-order valence-electron chi connectivity index (χ1n) is 5.60. The first kappa shape index (κ1) is 17.1.